The van der Waals surface area contributed by atoms with E-state index in [-0.39, 0.29) is 22.1 Å². The van der Waals surface area contributed by atoms with E-state index >= 15 is 0 Å². The van der Waals surface area contributed by atoms with E-state index in [1.54, 1.807) is 19.3 Å². The molecule has 7 nitrogen and oxygen atoms in total. The second-order valence-corrected chi connectivity index (χ2v) is 8.08. The van der Waals surface area contributed by atoms with Gasteiger partial charge in [0.1, 0.15) is 11.8 Å². The van der Waals surface area contributed by atoms with Crippen LogP contribution >= 0.6 is 15.9 Å². The number of amides is 1. The molecule has 1 unspecified atom stereocenters. The lowest BCUT2D eigenvalue weighted by molar-refractivity contribution is -0.119. The largest absolute Gasteiger partial charge is 0.506 e. The molecule has 1 aromatic heterocycles. The van der Waals surface area contributed by atoms with Crippen LogP contribution in [0.15, 0.2) is 40.0 Å². The molecule has 0 saturated carbocycles. The molecule has 0 fully saturated rings. The Kier molecular flexibility index (Phi) is 5.10. The Labute approximate surface area is 142 Å². The van der Waals surface area contributed by atoms with Crippen molar-refractivity contribution in [2.24, 2.45) is 0 Å². The van der Waals surface area contributed by atoms with Gasteiger partial charge in [0, 0.05) is 6.20 Å². The third kappa shape index (κ3) is 3.91. The summed E-state index contributed by atoms with van der Waals surface area (Å²) in [5.41, 5.74) is 0.0441. The lowest BCUT2D eigenvalue weighted by Crippen LogP contribution is -2.24. The van der Waals surface area contributed by atoms with Crippen molar-refractivity contribution in [1.29, 1.82) is 0 Å². The van der Waals surface area contributed by atoms with Crippen molar-refractivity contribution in [3.63, 3.8) is 0 Å². The standard InChI is InChI=1S/C14H16BrN3O4S/c1-3-23(21,22)11-4-5-13(19)12(6-11)17-14(20)9(2)18-8-10(15)7-16-18/h4-9,19H,3H2,1-2H3,(H,17,20). The van der Waals surface area contributed by atoms with Gasteiger partial charge in [0.05, 0.1) is 27.0 Å². The van der Waals surface area contributed by atoms with Crippen molar-refractivity contribution in [2.75, 3.05) is 11.1 Å². The molecule has 1 atom stereocenters. The second-order valence-electron chi connectivity index (χ2n) is 4.89. The molecule has 1 aromatic carbocycles. The van der Waals surface area contributed by atoms with Gasteiger partial charge in [-0.3, -0.25) is 9.48 Å². The number of carbonyl (C=O) groups excluding carboxylic acids is 1. The van der Waals surface area contributed by atoms with Crippen LogP contribution in [0.3, 0.4) is 0 Å². The molecule has 2 rings (SSSR count). The Morgan fingerprint density at radius 1 is 1.48 bits per heavy atom. The molecule has 0 aliphatic rings. The van der Waals surface area contributed by atoms with Crippen molar-refractivity contribution >= 4 is 37.4 Å². The molecule has 0 saturated heterocycles. The number of benzene rings is 1. The average Bonchev–Trinajstić information content (AvgIpc) is 2.94. The number of phenolic OH excluding ortho intramolecular Hbond substituents is 1. The maximum atomic E-state index is 12.3. The highest BCUT2D eigenvalue weighted by atomic mass is 79.9. The molecule has 124 valence electrons. The van der Waals surface area contributed by atoms with E-state index in [1.807, 2.05) is 0 Å². The number of hydrogen-bond acceptors (Lipinski definition) is 5. The predicted molar refractivity (Wildman–Crippen MR) is 89.1 cm³/mol. The van der Waals surface area contributed by atoms with Crippen LogP contribution in [0.1, 0.15) is 19.9 Å². The van der Waals surface area contributed by atoms with Crippen LogP contribution < -0.4 is 5.32 Å². The molecule has 9 heteroatoms. The summed E-state index contributed by atoms with van der Waals surface area (Å²) in [7, 11) is -3.43. The fourth-order valence-electron chi connectivity index (χ4n) is 1.86. The summed E-state index contributed by atoms with van der Waals surface area (Å²) in [5.74, 6) is -0.702. The summed E-state index contributed by atoms with van der Waals surface area (Å²) in [6, 6.07) is 3.16. The maximum absolute atomic E-state index is 12.3. The number of aromatic nitrogens is 2. The lowest BCUT2D eigenvalue weighted by Gasteiger charge is -2.14. The zero-order chi connectivity index (χ0) is 17.2. The Balaban J connectivity index is 2.25. The van der Waals surface area contributed by atoms with Gasteiger partial charge in [-0.05, 0) is 41.1 Å². The summed E-state index contributed by atoms with van der Waals surface area (Å²) in [6.45, 7) is 3.16. The average molecular weight is 402 g/mol. The number of rotatable bonds is 5. The highest BCUT2D eigenvalue weighted by Crippen LogP contribution is 2.27. The van der Waals surface area contributed by atoms with E-state index in [0.717, 1.165) is 4.47 Å². The van der Waals surface area contributed by atoms with Crippen LogP contribution in [0.5, 0.6) is 5.75 Å². The van der Waals surface area contributed by atoms with Crippen LogP contribution in [-0.2, 0) is 14.6 Å². The van der Waals surface area contributed by atoms with Gasteiger partial charge in [0.2, 0.25) is 5.91 Å². The van der Waals surface area contributed by atoms with Gasteiger partial charge in [0.15, 0.2) is 9.84 Å². The first-order valence-corrected chi connectivity index (χ1v) is 9.25. The number of hydrogen-bond donors (Lipinski definition) is 2. The van der Waals surface area contributed by atoms with Gasteiger partial charge < -0.3 is 10.4 Å². The fourth-order valence-corrected chi connectivity index (χ4v) is 3.07. The smallest absolute Gasteiger partial charge is 0.249 e. The van der Waals surface area contributed by atoms with E-state index < -0.39 is 21.8 Å². The first-order valence-electron chi connectivity index (χ1n) is 6.81. The number of sulfone groups is 1. The highest BCUT2D eigenvalue weighted by molar-refractivity contribution is 9.10. The van der Waals surface area contributed by atoms with Crippen LogP contribution in [-0.4, -0.2) is 35.0 Å². The molecule has 23 heavy (non-hydrogen) atoms. The van der Waals surface area contributed by atoms with Crippen LogP contribution in [0.25, 0.3) is 0 Å². The van der Waals surface area contributed by atoms with Gasteiger partial charge in [0.25, 0.3) is 0 Å². The van der Waals surface area contributed by atoms with E-state index in [1.165, 1.54) is 29.8 Å². The molecule has 2 aromatic rings. The van der Waals surface area contributed by atoms with E-state index in [4.69, 9.17) is 0 Å². The number of anilines is 1. The summed E-state index contributed by atoms with van der Waals surface area (Å²) in [5, 5.41) is 16.4. The molecule has 0 spiro atoms. The zero-order valence-corrected chi connectivity index (χ0v) is 14.9. The zero-order valence-electron chi connectivity index (χ0n) is 12.5. The molecule has 0 bridgehead atoms. The quantitative estimate of drug-likeness (QED) is 0.748. The normalized spacial score (nSPS) is 12.8. The van der Waals surface area contributed by atoms with Crippen molar-refractivity contribution < 1.29 is 18.3 Å². The molecule has 0 radical (unpaired) electrons. The number of halogens is 1. The van der Waals surface area contributed by atoms with Crippen LogP contribution in [0.2, 0.25) is 0 Å². The van der Waals surface area contributed by atoms with Crippen LogP contribution in [0, 0.1) is 0 Å². The molecular weight excluding hydrogens is 386 g/mol. The van der Waals surface area contributed by atoms with E-state index in [9.17, 15) is 18.3 Å². The first kappa shape index (κ1) is 17.5. The third-order valence-corrected chi connectivity index (χ3v) is 5.45. The Morgan fingerprint density at radius 2 is 2.17 bits per heavy atom. The highest BCUT2D eigenvalue weighted by Gasteiger charge is 2.19. The Hall–Kier alpha value is -1.87. The minimum Gasteiger partial charge on any atom is -0.506 e. The second kappa shape index (κ2) is 6.71. The van der Waals surface area contributed by atoms with Gasteiger partial charge in [-0.15, -0.1) is 0 Å². The van der Waals surface area contributed by atoms with Crippen molar-refractivity contribution in [1.82, 2.24) is 9.78 Å². The van der Waals surface area contributed by atoms with Crippen LogP contribution in [0.4, 0.5) is 5.69 Å². The summed E-state index contributed by atoms with van der Waals surface area (Å²) in [4.78, 5) is 12.3. The number of nitrogens with zero attached hydrogens (tertiary/aromatic N) is 2. The molecule has 0 aliphatic carbocycles. The molecule has 1 heterocycles. The van der Waals surface area contributed by atoms with Gasteiger partial charge in [-0.25, -0.2) is 8.42 Å². The molecule has 0 aliphatic heterocycles. The van der Waals surface area contributed by atoms with E-state index in [0.29, 0.717) is 0 Å². The maximum Gasteiger partial charge on any atom is 0.249 e. The Bertz CT molecular complexity index is 832. The monoisotopic (exact) mass is 401 g/mol. The lowest BCUT2D eigenvalue weighted by atomic mass is 10.2. The number of aromatic hydroxyl groups is 1. The topological polar surface area (TPSA) is 101 Å². The molecule has 1 amide bonds. The SMILES string of the molecule is CCS(=O)(=O)c1ccc(O)c(NC(=O)C(C)n2cc(Br)cn2)c1. The van der Waals surface area contributed by atoms with Crippen molar-refractivity contribution in [3.05, 3.63) is 35.1 Å². The molecular formula is C14H16BrN3O4S. The first-order chi connectivity index (χ1) is 10.7. The van der Waals surface area contributed by atoms with E-state index in [2.05, 4.69) is 26.3 Å². The Morgan fingerprint density at radius 3 is 2.74 bits per heavy atom. The predicted octanol–water partition coefficient (Wildman–Crippen LogP) is 2.34. The number of phenols is 1. The minimum atomic E-state index is -3.43. The van der Waals surface area contributed by atoms with Gasteiger partial charge in [-0.1, -0.05) is 6.92 Å². The van der Waals surface area contributed by atoms with Crippen molar-refractivity contribution in [2.45, 2.75) is 24.8 Å². The summed E-state index contributed by atoms with van der Waals surface area (Å²) < 4.78 is 26.0. The third-order valence-electron chi connectivity index (χ3n) is 3.31. The fraction of sp³-hybridized carbons (Fsp3) is 0.286. The minimum absolute atomic E-state index is 0.0441. The summed E-state index contributed by atoms with van der Waals surface area (Å²) in [6.07, 6.45) is 3.19. The van der Waals surface area contributed by atoms with Gasteiger partial charge >= 0.3 is 0 Å². The number of carbonyl (C=O) groups is 1. The molecule has 2 N–H and O–H groups in total. The van der Waals surface area contributed by atoms with Gasteiger partial charge in [-0.2, -0.15) is 5.10 Å². The number of nitrogens with one attached hydrogen (secondary N) is 1. The van der Waals surface area contributed by atoms with Crippen molar-refractivity contribution in [3.8, 4) is 5.75 Å². The summed E-state index contributed by atoms with van der Waals surface area (Å²) >= 11 is 3.25.